The summed E-state index contributed by atoms with van der Waals surface area (Å²) in [5.41, 5.74) is 1.37. The third kappa shape index (κ3) is 5.28. The number of amides is 1. The van der Waals surface area contributed by atoms with Gasteiger partial charge in [0, 0.05) is 18.7 Å². The molecule has 36 heavy (non-hydrogen) atoms. The summed E-state index contributed by atoms with van der Waals surface area (Å²) in [6.07, 6.45) is -3.27. The van der Waals surface area contributed by atoms with Crippen LogP contribution in [-0.2, 0) is 28.7 Å². The topological polar surface area (TPSA) is 81.5 Å². The van der Waals surface area contributed by atoms with Crippen LogP contribution in [0.1, 0.15) is 33.2 Å². The predicted molar refractivity (Wildman–Crippen MR) is 123 cm³/mol. The molecule has 2 aromatic carbocycles. The van der Waals surface area contributed by atoms with Crippen molar-refractivity contribution >= 4 is 5.91 Å². The molecule has 5 rings (SSSR count). The maximum atomic E-state index is 12.8. The monoisotopic (exact) mass is 501 g/mol. The van der Waals surface area contributed by atoms with Gasteiger partial charge in [-0.2, -0.15) is 13.2 Å². The van der Waals surface area contributed by atoms with Crippen LogP contribution in [0.5, 0.6) is 0 Å². The number of ether oxygens (including phenoxy) is 2. The quantitative estimate of drug-likeness (QED) is 0.536. The van der Waals surface area contributed by atoms with Gasteiger partial charge in [0.05, 0.1) is 36.7 Å². The first-order chi connectivity index (χ1) is 17.3. The number of alkyl halides is 3. The van der Waals surface area contributed by atoms with Crippen molar-refractivity contribution in [3.05, 3.63) is 83.2 Å². The van der Waals surface area contributed by atoms with Crippen LogP contribution in [-0.4, -0.2) is 64.3 Å². The summed E-state index contributed by atoms with van der Waals surface area (Å²) in [6, 6.07) is 13.7. The van der Waals surface area contributed by atoms with E-state index in [4.69, 9.17) is 9.47 Å². The van der Waals surface area contributed by atoms with Gasteiger partial charge in [0.25, 0.3) is 5.91 Å². The second-order valence-corrected chi connectivity index (χ2v) is 9.17. The van der Waals surface area contributed by atoms with Crippen LogP contribution in [0.15, 0.2) is 60.8 Å². The lowest BCUT2D eigenvalue weighted by Gasteiger charge is -2.18. The number of nitrogens with one attached hydrogen (secondary N) is 1. The Balaban J connectivity index is 1.17. The summed E-state index contributed by atoms with van der Waals surface area (Å²) in [6.45, 7) is 2.00. The second kappa shape index (κ2) is 10.00. The number of aromatic nitrogens is 3. The van der Waals surface area contributed by atoms with E-state index < -0.39 is 23.7 Å². The van der Waals surface area contributed by atoms with Gasteiger partial charge in [-0.3, -0.25) is 9.69 Å². The van der Waals surface area contributed by atoms with Crippen LogP contribution in [0.4, 0.5) is 13.2 Å². The molecule has 0 bridgehead atoms. The molecule has 0 unspecified atom stereocenters. The first-order valence-corrected chi connectivity index (χ1v) is 11.6. The third-order valence-corrected chi connectivity index (χ3v) is 6.44. The fourth-order valence-corrected chi connectivity index (χ4v) is 4.67. The number of halogens is 3. The van der Waals surface area contributed by atoms with Crippen LogP contribution in [0, 0.1) is 0 Å². The molecule has 2 saturated heterocycles. The van der Waals surface area contributed by atoms with E-state index in [-0.39, 0.29) is 30.4 Å². The molecule has 2 aliphatic heterocycles. The van der Waals surface area contributed by atoms with Gasteiger partial charge in [0.1, 0.15) is 18.2 Å². The number of rotatable bonds is 7. The van der Waals surface area contributed by atoms with Crippen molar-refractivity contribution in [1.29, 1.82) is 0 Å². The zero-order valence-electron chi connectivity index (χ0n) is 19.6. The lowest BCUT2D eigenvalue weighted by molar-refractivity contribution is -0.137. The molecule has 190 valence electrons. The molecule has 1 N–H and O–H groups in total. The molecule has 4 atom stereocenters. The highest BCUT2D eigenvalue weighted by Crippen LogP contribution is 2.34. The van der Waals surface area contributed by atoms with Gasteiger partial charge in [-0.1, -0.05) is 35.5 Å². The molecule has 1 aromatic heterocycles. The van der Waals surface area contributed by atoms with Crippen LogP contribution >= 0.6 is 0 Å². The Morgan fingerprint density at radius 2 is 1.78 bits per heavy atom. The summed E-state index contributed by atoms with van der Waals surface area (Å²) in [7, 11) is 2.02. The molecule has 0 spiro atoms. The van der Waals surface area contributed by atoms with Crippen molar-refractivity contribution in [2.75, 3.05) is 20.3 Å². The first-order valence-electron chi connectivity index (χ1n) is 11.6. The number of hydrogen-bond donors (Lipinski definition) is 1. The number of carbonyl (C=O) groups excluding carboxylic acids is 1. The van der Waals surface area contributed by atoms with E-state index in [0.29, 0.717) is 13.2 Å². The number of hydrogen-bond acceptors (Lipinski definition) is 6. The second-order valence-electron chi connectivity index (χ2n) is 9.17. The zero-order chi connectivity index (χ0) is 25.3. The highest BCUT2D eigenvalue weighted by Gasteiger charge is 2.49. The summed E-state index contributed by atoms with van der Waals surface area (Å²) in [4.78, 5) is 14.8. The highest BCUT2D eigenvalue weighted by molar-refractivity contribution is 5.94. The van der Waals surface area contributed by atoms with Gasteiger partial charge in [-0.15, -0.1) is 5.10 Å². The Hall–Kier alpha value is -3.28. The van der Waals surface area contributed by atoms with E-state index in [9.17, 15) is 18.0 Å². The first kappa shape index (κ1) is 24.4. The molecule has 3 aromatic rings. The van der Waals surface area contributed by atoms with Crippen molar-refractivity contribution in [1.82, 2.24) is 25.2 Å². The Morgan fingerprint density at radius 1 is 1.06 bits per heavy atom. The SMILES string of the molecule is CN(Cc1ccccc1)Cc1cn([C@@H]2CO[C@@H]3[C@@H]2OC[C@@H]3NC(=O)c2ccc(C(F)(F)F)cc2)nn1. The Bertz CT molecular complexity index is 1190. The molecular weight excluding hydrogens is 475 g/mol. The maximum absolute atomic E-state index is 12.8. The van der Waals surface area contributed by atoms with E-state index in [1.165, 1.54) is 5.56 Å². The van der Waals surface area contributed by atoms with Gasteiger partial charge in [-0.25, -0.2) is 4.68 Å². The molecule has 11 heteroatoms. The summed E-state index contributed by atoms with van der Waals surface area (Å²) in [5.74, 6) is -0.477. The lowest BCUT2D eigenvalue weighted by atomic mass is 10.1. The van der Waals surface area contributed by atoms with E-state index in [2.05, 4.69) is 32.7 Å². The molecule has 2 aliphatic rings. The summed E-state index contributed by atoms with van der Waals surface area (Å²) < 4.78 is 52.0. The van der Waals surface area contributed by atoms with Crippen LogP contribution < -0.4 is 5.32 Å². The predicted octanol–water partition coefficient (Wildman–Crippen LogP) is 3.07. The van der Waals surface area contributed by atoms with Gasteiger partial charge < -0.3 is 14.8 Å². The third-order valence-electron chi connectivity index (χ3n) is 6.44. The largest absolute Gasteiger partial charge is 0.416 e. The summed E-state index contributed by atoms with van der Waals surface area (Å²) >= 11 is 0. The molecule has 2 fully saturated rings. The number of nitrogens with zero attached hydrogens (tertiary/aromatic N) is 4. The van der Waals surface area contributed by atoms with E-state index in [1.54, 1.807) is 4.68 Å². The average Bonchev–Trinajstić information content (AvgIpc) is 3.57. The van der Waals surface area contributed by atoms with E-state index >= 15 is 0 Å². The zero-order valence-corrected chi connectivity index (χ0v) is 19.6. The van der Waals surface area contributed by atoms with Crippen molar-refractivity contribution in [3.63, 3.8) is 0 Å². The lowest BCUT2D eigenvalue weighted by Crippen LogP contribution is -2.44. The van der Waals surface area contributed by atoms with Crippen molar-refractivity contribution < 1.29 is 27.4 Å². The van der Waals surface area contributed by atoms with Crippen molar-refractivity contribution in [2.24, 2.45) is 0 Å². The fraction of sp³-hybridized carbons (Fsp3) is 0.400. The van der Waals surface area contributed by atoms with Gasteiger partial charge in [0.2, 0.25) is 0 Å². The highest BCUT2D eigenvalue weighted by atomic mass is 19.4. The van der Waals surface area contributed by atoms with Gasteiger partial charge in [-0.05, 0) is 36.9 Å². The maximum Gasteiger partial charge on any atom is 0.416 e. The van der Waals surface area contributed by atoms with Crippen LogP contribution in [0.3, 0.4) is 0 Å². The minimum Gasteiger partial charge on any atom is -0.371 e. The van der Waals surface area contributed by atoms with Crippen LogP contribution in [0.2, 0.25) is 0 Å². The van der Waals surface area contributed by atoms with Crippen molar-refractivity contribution in [2.45, 2.75) is 43.6 Å². The number of carbonyl (C=O) groups is 1. The average molecular weight is 502 g/mol. The van der Waals surface area contributed by atoms with E-state index in [1.807, 2.05) is 31.4 Å². The molecular formula is C25H26F3N5O3. The minimum atomic E-state index is -4.45. The van der Waals surface area contributed by atoms with Gasteiger partial charge in [0.15, 0.2) is 0 Å². The molecule has 0 radical (unpaired) electrons. The molecule has 3 heterocycles. The normalized spacial score (nSPS) is 23.7. The Morgan fingerprint density at radius 3 is 2.50 bits per heavy atom. The van der Waals surface area contributed by atoms with E-state index in [0.717, 1.165) is 36.5 Å². The van der Waals surface area contributed by atoms with Crippen LogP contribution in [0.25, 0.3) is 0 Å². The number of benzene rings is 2. The molecule has 8 nitrogen and oxygen atoms in total. The smallest absolute Gasteiger partial charge is 0.371 e. The summed E-state index contributed by atoms with van der Waals surface area (Å²) in [5, 5.41) is 11.4. The minimum absolute atomic E-state index is 0.140. The standard InChI is InChI=1S/C25H26F3N5O3/c1-32(11-16-5-3-2-4-6-16)12-19-13-33(31-30-19)21-15-36-22-20(14-35-23(21)22)29-24(34)17-7-9-18(10-8-17)25(26,27)28/h2-10,13,20-23H,11-12,14-15H2,1H3,(H,29,34)/t20-,21+,22-,23+/m0/s1. The molecule has 1 amide bonds. The fourth-order valence-electron chi connectivity index (χ4n) is 4.67. The Kier molecular flexibility index (Phi) is 6.78. The molecule has 0 aliphatic carbocycles. The molecule has 0 saturated carbocycles. The Labute approximate surface area is 206 Å². The van der Waals surface area contributed by atoms with Crippen molar-refractivity contribution in [3.8, 4) is 0 Å². The van der Waals surface area contributed by atoms with Gasteiger partial charge >= 0.3 is 6.18 Å². The number of fused-ring (bicyclic) bond motifs is 1.